The maximum absolute atomic E-state index is 13.9. The topological polar surface area (TPSA) is 299 Å². The minimum atomic E-state index is -5.08. The molecule has 12 heterocycles. The monoisotopic (exact) mass is 1910 g/mol. The third-order valence-corrected chi connectivity index (χ3v) is 29.6. The van der Waals surface area contributed by atoms with E-state index in [9.17, 15) is 45.3 Å². The predicted molar refractivity (Wildman–Crippen MR) is 524 cm³/mol. The van der Waals surface area contributed by atoms with Crippen LogP contribution < -0.4 is 34.7 Å². The van der Waals surface area contributed by atoms with E-state index >= 15 is 0 Å². The first-order chi connectivity index (χ1) is 62.0. The van der Waals surface area contributed by atoms with Gasteiger partial charge in [0.05, 0.1) is 47.4 Å². The van der Waals surface area contributed by atoms with Crippen LogP contribution in [0.4, 0.5) is 47.7 Å². The van der Waals surface area contributed by atoms with Crippen molar-refractivity contribution in [3.05, 3.63) is 227 Å². The fraction of sp³-hybridized carbons (Fsp3) is 0.443. The van der Waals surface area contributed by atoms with E-state index in [2.05, 4.69) is 130 Å². The van der Waals surface area contributed by atoms with Gasteiger partial charge in [0.25, 0.3) is 11.8 Å². The van der Waals surface area contributed by atoms with E-state index in [0.29, 0.717) is 106 Å². The molecule has 3 atom stereocenters. The first-order valence-electron chi connectivity index (χ1n) is 44.2. The van der Waals surface area contributed by atoms with Crippen molar-refractivity contribution in [1.82, 2.24) is 45.0 Å². The number of halogens is 6. The second-order valence-electron chi connectivity index (χ2n) is 35.0. The molecule has 34 heteroatoms. The third-order valence-electron chi connectivity index (χ3n) is 25.4. The molecule has 0 bridgehead atoms. The summed E-state index contributed by atoms with van der Waals surface area (Å²) in [6, 6.07) is 28.9. The molecule has 0 radical (unpaired) electrons. The van der Waals surface area contributed by atoms with Gasteiger partial charge < -0.3 is 54.7 Å². The van der Waals surface area contributed by atoms with E-state index in [0.717, 1.165) is 202 Å². The first kappa shape index (κ1) is 101. The molecule has 0 aliphatic carbocycles. The van der Waals surface area contributed by atoms with E-state index in [-0.39, 0.29) is 11.8 Å². The molecule has 6 saturated heterocycles. The number of rotatable bonds is 18. The maximum atomic E-state index is 13.9. The zero-order valence-corrected chi connectivity index (χ0v) is 81.6. The summed E-state index contributed by atoms with van der Waals surface area (Å²) in [5, 5.41) is 23.5. The van der Waals surface area contributed by atoms with Gasteiger partial charge >= 0.3 is 18.1 Å². The molecule has 0 saturated carbocycles. The molecule has 4 N–H and O–H groups in total. The summed E-state index contributed by atoms with van der Waals surface area (Å²) in [4.78, 5) is 91.7. The number of aromatic nitrogens is 6. The summed E-state index contributed by atoms with van der Waals surface area (Å²) in [6.07, 6.45) is 19.1. The normalized spacial score (nSPS) is 17.4. The Balaban J connectivity index is 0.000000172. The fourth-order valence-electron chi connectivity index (χ4n) is 18.7. The number of aromatic carboxylic acids is 1. The number of hydrogen-bond acceptors (Lipinski definition) is 21. The molecule has 704 valence electrons. The third kappa shape index (κ3) is 25.8. The summed E-state index contributed by atoms with van der Waals surface area (Å²) in [7, 11) is -7.66. The molecule has 3 aromatic carbocycles. The largest absolute Gasteiger partial charge is 0.490 e. The number of carbonyl (C=O) groups excluding carboxylic acids is 2. The summed E-state index contributed by atoms with van der Waals surface area (Å²) in [5.41, 5.74) is 18.2. The number of carboxylic acids is 2. The van der Waals surface area contributed by atoms with E-state index in [1.165, 1.54) is 39.6 Å². The lowest BCUT2D eigenvalue weighted by molar-refractivity contribution is -0.192. The molecule has 6 aliphatic heterocycles. The number of anilines is 6. The van der Waals surface area contributed by atoms with Crippen LogP contribution in [0.15, 0.2) is 143 Å². The zero-order valence-electron chi connectivity index (χ0n) is 76.9. The standard InChI is InChI=1S/C32H40ClN5O2S.C31H39ClN6O2S.C21H25ClN2O2.C11H17N3OS.C2HF3O2/c1-22-20-23(2)29(24(3)26(22)21-25-10-14-37(15-11-25)30-27(33)8-6-12-34-30)32(39)38-18-16-36(17-19-38)28-9-7-13-35-31(28)41(4,5)40;1-21-19-22(2)28(23(3)25(21)20-24-9-13-37(14-10-24)29-26(32)7-5-11-34-29)31(39)38-17-15-36(16-18-38)27-8-6-12-35-30(27)41(4,33)40;1-13-11-14(2)19(21(25)26)15(3)17(13)12-16-6-9-24(10-7-16)20-18(22)5-4-8-23-20;1-16(2,15)11-10(4-3-5-13-11)14-8-6-12-7-9-14;3-2(4,5)1(6)7/h6-9,12-13,20,25H,4,10-11,14-19,21H2,1-3,5H3;5-8,11-12,19,24,33H,9-10,13-18,20H2,1-4H3;4-5,8,11,16H,6-7,9-10,12H2,1-3H3,(H,25,26);3-5,12H,1,6-9H2,2H3;(H,6,7)/t;41-;;;/m.1.../s1. The van der Waals surface area contributed by atoms with Gasteiger partial charge in [-0.3, -0.25) is 18.0 Å². The number of hydrogen-bond donors (Lipinski definition) is 4. The molecule has 6 aromatic heterocycles. The van der Waals surface area contributed by atoms with Crippen LogP contribution in [0.25, 0.3) is 0 Å². The number of carbonyl (C=O) groups is 4. The van der Waals surface area contributed by atoms with Crippen molar-refractivity contribution in [3.63, 3.8) is 0 Å². The van der Waals surface area contributed by atoms with Gasteiger partial charge in [-0.1, -0.05) is 53.0 Å². The van der Waals surface area contributed by atoms with Crippen molar-refractivity contribution >= 4 is 134 Å². The van der Waals surface area contributed by atoms with Crippen LogP contribution in [-0.2, 0) is 52.8 Å². The Bertz CT molecular complexity index is 5720. The van der Waals surface area contributed by atoms with Crippen LogP contribution in [0.5, 0.6) is 0 Å². The molecular formula is C97H122Cl3F3N16O9S3. The van der Waals surface area contributed by atoms with E-state index in [1.807, 2.05) is 103 Å². The molecule has 15 rings (SSSR count). The number of alkyl halides is 3. The smallest absolute Gasteiger partial charge is 0.478 e. The van der Waals surface area contributed by atoms with Crippen molar-refractivity contribution in [2.75, 3.05) is 166 Å². The van der Waals surface area contributed by atoms with Crippen molar-refractivity contribution in [2.24, 2.45) is 17.8 Å². The summed E-state index contributed by atoms with van der Waals surface area (Å²) in [6.45, 7) is 32.8. The Morgan fingerprint density at radius 1 is 0.412 bits per heavy atom. The van der Waals surface area contributed by atoms with E-state index in [1.54, 1.807) is 55.8 Å². The minimum absolute atomic E-state index is 0.0757. The van der Waals surface area contributed by atoms with Gasteiger partial charge in [0.15, 0.2) is 5.03 Å². The number of aryl methyl sites for hydroxylation is 6. The lowest BCUT2D eigenvalue weighted by Crippen LogP contribution is -2.49. The summed E-state index contributed by atoms with van der Waals surface area (Å²) in [5.74, 6) is 8.39. The zero-order chi connectivity index (χ0) is 95.1. The highest BCUT2D eigenvalue weighted by molar-refractivity contribution is 8.00. The lowest BCUT2D eigenvalue weighted by Gasteiger charge is -2.37. The highest BCUT2D eigenvalue weighted by atomic mass is 35.5. The van der Waals surface area contributed by atoms with Gasteiger partial charge in [0, 0.05) is 204 Å². The molecule has 6 fully saturated rings. The van der Waals surface area contributed by atoms with Crippen molar-refractivity contribution in [1.29, 1.82) is 4.78 Å². The lowest BCUT2D eigenvalue weighted by atomic mass is 9.84. The van der Waals surface area contributed by atoms with Gasteiger partial charge in [-0.05, 0) is 289 Å². The number of nitrogens with zero attached hydrogens (tertiary/aromatic N) is 14. The fourth-order valence-corrected chi connectivity index (χ4v) is 22.1. The second-order valence-corrected chi connectivity index (χ2v) is 43.1. The number of pyridine rings is 6. The quantitative estimate of drug-likeness (QED) is 0.0580. The maximum Gasteiger partial charge on any atom is 0.490 e. The summed E-state index contributed by atoms with van der Waals surface area (Å²) >= 11 is 19.1. The highest BCUT2D eigenvalue weighted by Gasteiger charge is 2.39. The molecule has 131 heavy (non-hydrogen) atoms. The number of carboxylic acid groups (broad SMARTS) is 2. The van der Waals surface area contributed by atoms with Gasteiger partial charge in [-0.25, -0.2) is 48.5 Å². The number of benzene rings is 3. The number of piperazine rings is 3. The van der Waals surface area contributed by atoms with Crippen molar-refractivity contribution in [3.8, 4) is 0 Å². The Morgan fingerprint density at radius 2 is 0.679 bits per heavy atom. The molecular weight excluding hydrogens is 1790 g/mol. The molecule has 0 spiro atoms. The van der Waals surface area contributed by atoms with Crippen LogP contribution >= 0.6 is 34.8 Å². The number of nitrogens with one attached hydrogen (secondary N) is 2. The van der Waals surface area contributed by atoms with Gasteiger partial charge in [-0.15, -0.1) is 0 Å². The van der Waals surface area contributed by atoms with Gasteiger partial charge in [0.1, 0.15) is 27.5 Å². The van der Waals surface area contributed by atoms with Crippen molar-refractivity contribution < 1.29 is 55.2 Å². The number of aliphatic carboxylic acids is 1. The van der Waals surface area contributed by atoms with E-state index < -0.39 is 46.9 Å². The minimum Gasteiger partial charge on any atom is -0.478 e. The molecule has 6 aliphatic rings. The average Bonchev–Trinajstić information content (AvgIpc) is 0.782. The summed E-state index contributed by atoms with van der Waals surface area (Å²) < 4.78 is 77.0. The Hall–Kier alpha value is -10.2. The Labute approximate surface area is 785 Å². The molecule has 2 amide bonds. The van der Waals surface area contributed by atoms with Crippen LogP contribution in [0.2, 0.25) is 15.1 Å². The Kier molecular flexibility index (Phi) is 34.5. The van der Waals surface area contributed by atoms with Crippen molar-refractivity contribution in [2.45, 2.75) is 141 Å². The van der Waals surface area contributed by atoms with Crippen LogP contribution in [-0.4, -0.2) is 241 Å². The second kappa shape index (κ2) is 44.6. The van der Waals surface area contributed by atoms with E-state index in [4.69, 9.17) is 49.5 Å². The Morgan fingerprint density at radius 3 is 0.962 bits per heavy atom. The van der Waals surface area contributed by atoms with Crippen LogP contribution in [0.3, 0.4) is 0 Å². The SMILES string of the molecule is C=S(C)(=O)c1ncccc1N1CCN(C(=O)c2c(C)cc(C)c(CC3CCN(c4ncccc4Cl)CC3)c2C)CC1.C=S(C)(=O)c1ncccc1N1CCNCC1.Cc1cc(C)c(C(=O)N2CCN(c3cccnc3[S@](C)(=N)=O)CC2)c(C)c1CC1CCN(c2ncccc2Cl)CC1.Cc1cc(C)c(C(=O)O)c(C)c1CC1CCN(c2ncccc2Cl)CC1.O=C(O)C(F)(F)F. The van der Waals surface area contributed by atoms with Crippen LogP contribution in [0, 0.1) is 84.8 Å². The number of amides is 2. The first-order valence-corrected chi connectivity index (χ1v) is 51.5. The highest BCUT2D eigenvalue weighted by Crippen LogP contribution is 2.39. The van der Waals surface area contributed by atoms with Crippen LogP contribution in [0.1, 0.15) is 136 Å². The van der Waals surface area contributed by atoms with Gasteiger partial charge in [-0.2, -0.15) is 13.2 Å². The van der Waals surface area contributed by atoms with Gasteiger partial charge in [0.2, 0.25) is 0 Å². The molecule has 2 unspecified atom stereocenters. The average molecular weight is 1920 g/mol. The predicted octanol–water partition coefficient (Wildman–Crippen LogP) is 16.3. The molecule has 9 aromatic rings. The molecule has 25 nitrogen and oxygen atoms in total. The number of piperidine rings is 3.